The molecule has 0 radical (unpaired) electrons. The molecule has 1 saturated carbocycles. The van der Waals surface area contributed by atoms with Crippen LogP contribution in [-0.2, 0) is 23.3 Å². The van der Waals surface area contributed by atoms with E-state index in [0.29, 0.717) is 0 Å². The molecular weight excluding hydrogens is 296 g/mol. The minimum atomic E-state index is -0.753. The maximum absolute atomic E-state index is 5.83. The van der Waals surface area contributed by atoms with E-state index >= 15 is 0 Å². The van der Waals surface area contributed by atoms with Crippen LogP contribution in [0.25, 0.3) is 0 Å². The summed E-state index contributed by atoms with van der Waals surface area (Å²) in [7, 11) is 5.83. The fraction of sp³-hybridized carbons (Fsp3) is 1.00. The van der Waals surface area contributed by atoms with E-state index in [0.717, 1.165) is 3.43 Å². The van der Waals surface area contributed by atoms with Gasteiger partial charge in [-0.1, -0.05) is 0 Å². The molecule has 0 N–H and O–H groups in total. The number of hydrogen-bond donors (Lipinski definition) is 0. The third-order valence-electron chi connectivity index (χ3n) is 1.69. The first-order valence-electron chi connectivity index (χ1n) is 2.99. The summed E-state index contributed by atoms with van der Waals surface area (Å²) in [5, 5.41) is 0. The number of hydrogen-bond acceptors (Lipinski definition) is 0. The van der Waals surface area contributed by atoms with Crippen molar-refractivity contribution in [1.29, 1.82) is 0 Å². The molecule has 1 aliphatic rings. The minimum absolute atomic E-state index is 0.753. The molecule has 1 rings (SSSR count). The topological polar surface area (TPSA) is 0 Å². The summed E-state index contributed by atoms with van der Waals surface area (Å²) < 4.78 is 1.08. The van der Waals surface area contributed by atoms with Gasteiger partial charge in [-0.15, -0.1) is 0 Å². The summed E-state index contributed by atoms with van der Waals surface area (Å²) in [5.74, 6) is 0. The van der Waals surface area contributed by atoms with E-state index in [1.54, 1.807) is 0 Å². The molecule has 0 aromatic carbocycles. The predicted octanol–water partition coefficient (Wildman–Crippen LogP) is 2.59. The molecule has 0 heterocycles. The zero-order valence-electron chi connectivity index (χ0n) is 4.49. The Hall–Kier alpha value is 1.23. The SMILES string of the molecule is [Cl][Hg][CH]1CCCC1. The Balaban J connectivity index is 2.14. The molecule has 0 aliphatic heterocycles. The summed E-state index contributed by atoms with van der Waals surface area (Å²) in [6.45, 7) is 0. The van der Waals surface area contributed by atoms with Gasteiger partial charge >= 0.3 is 60.7 Å². The van der Waals surface area contributed by atoms with Gasteiger partial charge in [-0.2, -0.15) is 0 Å². The van der Waals surface area contributed by atoms with Gasteiger partial charge in [-0.3, -0.25) is 0 Å². The Morgan fingerprint density at radius 1 is 1.29 bits per heavy atom. The van der Waals surface area contributed by atoms with E-state index in [9.17, 15) is 0 Å². The van der Waals surface area contributed by atoms with Gasteiger partial charge in [0.2, 0.25) is 0 Å². The van der Waals surface area contributed by atoms with Crippen LogP contribution in [0.2, 0.25) is 3.43 Å². The third kappa shape index (κ3) is 1.89. The molecule has 2 heteroatoms. The molecule has 0 aromatic rings. The van der Waals surface area contributed by atoms with Crippen LogP contribution in [-0.4, -0.2) is 0 Å². The van der Waals surface area contributed by atoms with Crippen molar-refractivity contribution in [3.8, 4) is 0 Å². The van der Waals surface area contributed by atoms with Crippen LogP contribution in [0.4, 0.5) is 0 Å². The Morgan fingerprint density at radius 2 is 1.86 bits per heavy atom. The van der Waals surface area contributed by atoms with Crippen molar-refractivity contribution >= 4 is 8.25 Å². The van der Waals surface area contributed by atoms with Crippen molar-refractivity contribution in [2.75, 3.05) is 0 Å². The van der Waals surface area contributed by atoms with E-state index in [4.69, 9.17) is 8.25 Å². The zero-order chi connectivity index (χ0) is 5.11. The average Bonchev–Trinajstić information content (AvgIpc) is 2.14. The molecule has 1 aliphatic carbocycles. The van der Waals surface area contributed by atoms with Gasteiger partial charge in [0.25, 0.3) is 0 Å². The van der Waals surface area contributed by atoms with E-state index in [1.807, 2.05) is 0 Å². The molecule has 0 bridgehead atoms. The summed E-state index contributed by atoms with van der Waals surface area (Å²) in [4.78, 5) is 0. The third-order valence-corrected chi connectivity index (χ3v) is 10.4. The average molecular weight is 305 g/mol. The van der Waals surface area contributed by atoms with E-state index in [1.165, 1.54) is 25.7 Å². The summed E-state index contributed by atoms with van der Waals surface area (Å²) >= 11 is -0.753. The Bertz CT molecular complexity index is 50.0. The fourth-order valence-electron chi connectivity index (χ4n) is 1.16. The van der Waals surface area contributed by atoms with Crippen LogP contribution in [0.3, 0.4) is 0 Å². The van der Waals surface area contributed by atoms with Crippen molar-refractivity contribution in [3.63, 3.8) is 0 Å². The summed E-state index contributed by atoms with van der Waals surface area (Å²) in [5.41, 5.74) is 0. The molecule has 0 atom stereocenters. The van der Waals surface area contributed by atoms with Crippen molar-refractivity contribution in [1.82, 2.24) is 0 Å². The van der Waals surface area contributed by atoms with Crippen LogP contribution < -0.4 is 0 Å². The summed E-state index contributed by atoms with van der Waals surface area (Å²) in [6, 6.07) is 0. The molecule has 0 saturated heterocycles. The molecule has 0 unspecified atom stereocenters. The second-order valence-corrected chi connectivity index (χ2v) is 10.7. The van der Waals surface area contributed by atoms with Crippen LogP contribution in [0.1, 0.15) is 25.7 Å². The standard InChI is InChI=1S/C5H9.ClH.Hg/c1-2-4-5-3-1;;/h1H,2-5H2;1H;/q;;+1/p-1. The second-order valence-electron chi connectivity index (χ2n) is 2.30. The van der Waals surface area contributed by atoms with Gasteiger partial charge in [-0.25, -0.2) is 0 Å². The molecule has 1 fully saturated rings. The van der Waals surface area contributed by atoms with E-state index in [-0.39, 0.29) is 0 Å². The number of rotatable bonds is 1. The molecule has 0 nitrogen and oxygen atoms in total. The Labute approximate surface area is 60.5 Å². The normalized spacial score (nSPS) is 22.4. The second kappa shape index (κ2) is 3.29. The van der Waals surface area contributed by atoms with Crippen molar-refractivity contribution in [2.24, 2.45) is 0 Å². The Morgan fingerprint density at radius 3 is 2.14 bits per heavy atom. The van der Waals surface area contributed by atoms with Gasteiger partial charge in [0, 0.05) is 0 Å². The van der Waals surface area contributed by atoms with Gasteiger partial charge in [0.05, 0.1) is 0 Å². The van der Waals surface area contributed by atoms with Gasteiger partial charge < -0.3 is 0 Å². The molecule has 7 heavy (non-hydrogen) atoms. The first-order chi connectivity index (χ1) is 3.43. The zero-order valence-corrected chi connectivity index (χ0v) is 10.7. The molecule has 0 spiro atoms. The molecule has 38 valence electrons. The first kappa shape index (κ1) is 6.35. The number of halogens is 1. The molecule has 0 amide bonds. The fourth-order valence-corrected chi connectivity index (χ4v) is 7.32. The maximum atomic E-state index is 5.83. The monoisotopic (exact) mass is 306 g/mol. The van der Waals surface area contributed by atoms with Gasteiger partial charge in [0.1, 0.15) is 0 Å². The molecule has 0 aromatic heterocycles. The van der Waals surface area contributed by atoms with Crippen LogP contribution in [0.15, 0.2) is 0 Å². The summed E-state index contributed by atoms with van der Waals surface area (Å²) in [6.07, 6.45) is 5.89. The van der Waals surface area contributed by atoms with Crippen molar-refractivity contribution in [2.45, 2.75) is 29.1 Å². The Kier molecular flexibility index (Phi) is 2.98. The van der Waals surface area contributed by atoms with Gasteiger partial charge in [-0.05, 0) is 0 Å². The van der Waals surface area contributed by atoms with Gasteiger partial charge in [0.15, 0.2) is 0 Å². The predicted molar refractivity (Wildman–Crippen MR) is 28.1 cm³/mol. The quantitative estimate of drug-likeness (QED) is 0.653. The van der Waals surface area contributed by atoms with Crippen molar-refractivity contribution < 1.29 is 23.3 Å². The van der Waals surface area contributed by atoms with E-state index < -0.39 is 23.3 Å². The van der Waals surface area contributed by atoms with Crippen molar-refractivity contribution in [3.05, 3.63) is 0 Å². The van der Waals surface area contributed by atoms with Crippen LogP contribution >= 0.6 is 8.25 Å². The molecular formula is C5H9ClHg. The first-order valence-corrected chi connectivity index (χ1v) is 12.9. The van der Waals surface area contributed by atoms with E-state index in [2.05, 4.69) is 0 Å². The van der Waals surface area contributed by atoms with Crippen LogP contribution in [0, 0.1) is 0 Å². The van der Waals surface area contributed by atoms with Crippen LogP contribution in [0.5, 0.6) is 0 Å².